The van der Waals surface area contributed by atoms with E-state index < -0.39 is 11.7 Å². The summed E-state index contributed by atoms with van der Waals surface area (Å²) < 4.78 is 45.4. The van der Waals surface area contributed by atoms with Crippen molar-refractivity contribution in [2.75, 3.05) is 6.61 Å². The SMILES string of the molecule is Cc1ccc(C[C@@H]2CON=C(c3nc(C4CC4)ncc3Oc3cccc(C(F)(F)F)c3)N2)c(C)c1. The number of aromatic nitrogens is 2. The first-order valence-corrected chi connectivity index (χ1v) is 11.5. The molecular formula is C26H25F3N4O2. The Morgan fingerprint density at radius 1 is 1.11 bits per heavy atom. The van der Waals surface area contributed by atoms with Crippen molar-refractivity contribution >= 4 is 5.84 Å². The lowest BCUT2D eigenvalue weighted by Gasteiger charge is -2.25. The van der Waals surface area contributed by atoms with Gasteiger partial charge in [-0.2, -0.15) is 13.2 Å². The highest BCUT2D eigenvalue weighted by molar-refractivity contribution is 5.99. The summed E-state index contributed by atoms with van der Waals surface area (Å²) in [6.07, 6.45) is -0.263. The van der Waals surface area contributed by atoms with Gasteiger partial charge in [0.2, 0.25) is 0 Å². The number of ether oxygens (including phenoxy) is 1. The van der Waals surface area contributed by atoms with Crippen molar-refractivity contribution in [1.82, 2.24) is 15.3 Å². The van der Waals surface area contributed by atoms with Crippen molar-refractivity contribution in [3.63, 3.8) is 0 Å². The number of halogens is 3. The van der Waals surface area contributed by atoms with Crippen LogP contribution in [0.5, 0.6) is 11.5 Å². The second-order valence-corrected chi connectivity index (χ2v) is 9.05. The second kappa shape index (κ2) is 9.20. The molecule has 1 aromatic heterocycles. The molecule has 5 rings (SSSR count). The molecule has 1 atom stereocenters. The number of nitrogens with one attached hydrogen (secondary N) is 1. The van der Waals surface area contributed by atoms with Gasteiger partial charge in [-0.05, 0) is 62.4 Å². The van der Waals surface area contributed by atoms with Gasteiger partial charge in [-0.3, -0.25) is 0 Å². The molecule has 0 amide bonds. The summed E-state index contributed by atoms with van der Waals surface area (Å²) in [5.74, 6) is 1.55. The molecule has 6 nitrogen and oxygen atoms in total. The van der Waals surface area contributed by atoms with Crippen LogP contribution in [0.2, 0.25) is 0 Å². The van der Waals surface area contributed by atoms with Crippen LogP contribution >= 0.6 is 0 Å². The first-order chi connectivity index (χ1) is 16.8. The smallest absolute Gasteiger partial charge is 0.416 e. The first-order valence-electron chi connectivity index (χ1n) is 11.5. The van der Waals surface area contributed by atoms with Gasteiger partial charge in [-0.1, -0.05) is 35.0 Å². The molecule has 2 aromatic carbocycles. The highest BCUT2D eigenvalue weighted by Gasteiger charge is 2.32. The summed E-state index contributed by atoms with van der Waals surface area (Å²) >= 11 is 0. The number of benzene rings is 2. The van der Waals surface area contributed by atoms with Gasteiger partial charge < -0.3 is 14.9 Å². The maximum absolute atomic E-state index is 13.2. The maximum Gasteiger partial charge on any atom is 0.416 e. The Hall–Kier alpha value is -3.62. The van der Waals surface area contributed by atoms with Gasteiger partial charge in [-0.25, -0.2) is 9.97 Å². The Labute approximate surface area is 201 Å². The van der Waals surface area contributed by atoms with Crippen molar-refractivity contribution in [1.29, 1.82) is 0 Å². The third-order valence-electron chi connectivity index (χ3n) is 6.07. The number of nitrogens with zero attached hydrogens (tertiary/aromatic N) is 3. The minimum atomic E-state index is -4.47. The fraction of sp³-hybridized carbons (Fsp3) is 0.346. The molecule has 1 fully saturated rings. The summed E-state index contributed by atoms with van der Waals surface area (Å²) in [7, 11) is 0. The monoisotopic (exact) mass is 482 g/mol. The molecule has 2 aliphatic rings. The highest BCUT2D eigenvalue weighted by atomic mass is 19.4. The van der Waals surface area contributed by atoms with Crippen molar-refractivity contribution in [3.05, 3.63) is 82.4 Å². The van der Waals surface area contributed by atoms with Crippen LogP contribution in [-0.2, 0) is 17.4 Å². The molecule has 0 spiro atoms. The van der Waals surface area contributed by atoms with Crippen molar-refractivity contribution in [2.24, 2.45) is 5.16 Å². The van der Waals surface area contributed by atoms with Crippen LogP contribution in [0.3, 0.4) is 0 Å². The molecule has 1 N–H and O–H groups in total. The molecule has 1 saturated carbocycles. The van der Waals surface area contributed by atoms with Crippen LogP contribution in [0.25, 0.3) is 0 Å². The molecule has 0 saturated heterocycles. The number of hydrogen-bond acceptors (Lipinski definition) is 6. The normalized spacial score (nSPS) is 17.9. The van der Waals surface area contributed by atoms with Crippen LogP contribution in [0.1, 0.15) is 52.5 Å². The predicted octanol–water partition coefficient (Wildman–Crippen LogP) is 5.67. The van der Waals surface area contributed by atoms with E-state index in [4.69, 9.17) is 9.57 Å². The van der Waals surface area contributed by atoms with Gasteiger partial charge >= 0.3 is 6.18 Å². The molecule has 35 heavy (non-hydrogen) atoms. The lowest BCUT2D eigenvalue weighted by atomic mass is 9.99. The third-order valence-corrected chi connectivity index (χ3v) is 6.07. The number of amidine groups is 1. The molecule has 2 heterocycles. The zero-order chi connectivity index (χ0) is 24.6. The Balaban J connectivity index is 1.42. The van der Waals surface area contributed by atoms with Gasteiger partial charge in [0.15, 0.2) is 17.3 Å². The zero-order valence-electron chi connectivity index (χ0n) is 19.4. The van der Waals surface area contributed by atoms with E-state index in [0.717, 1.165) is 31.4 Å². The summed E-state index contributed by atoms with van der Waals surface area (Å²) in [5.41, 5.74) is 3.16. The van der Waals surface area contributed by atoms with E-state index in [1.165, 1.54) is 35.0 Å². The van der Waals surface area contributed by atoms with Crippen molar-refractivity contribution in [2.45, 2.75) is 51.2 Å². The van der Waals surface area contributed by atoms with Crippen LogP contribution in [0.15, 0.2) is 53.8 Å². The topological polar surface area (TPSA) is 68.6 Å². The van der Waals surface area contributed by atoms with Crippen LogP contribution in [-0.4, -0.2) is 28.5 Å². The number of alkyl halides is 3. The summed E-state index contributed by atoms with van der Waals surface area (Å²) in [5, 5.41) is 7.55. The van der Waals surface area contributed by atoms with E-state index in [1.54, 1.807) is 0 Å². The van der Waals surface area contributed by atoms with Crippen LogP contribution in [0, 0.1) is 13.8 Å². The molecule has 0 bridgehead atoms. The van der Waals surface area contributed by atoms with E-state index in [9.17, 15) is 13.2 Å². The standard InChI is InChI=1S/C26H25F3N4O2/c1-15-6-7-18(16(2)10-15)11-20-14-34-33-25(31-20)23-22(13-30-24(32-23)17-8-9-17)35-21-5-3-4-19(12-21)26(27,28)29/h3-7,10,12-13,17,20H,8-9,11,14H2,1-2H3,(H,31,33)/t20-/m1/s1. The lowest BCUT2D eigenvalue weighted by Crippen LogP contribution is -2.44. The van der Waals surface area contributed by atoms with Crippen molar-refractivity contribution in [3.8, 4) is 11.5 Å². The number of oxime groups is 1. The van der Waals surface area contributed by atoms with E-state index in [2.05, 4.69) is 52.5 Å². The molecule has 9 heteroatoms. The minimum absolute atomic E-state index is 0.0352. The van der Waals surface area contributed by atoms with Crippen LogP contribution in [0.4, 0.5) is 13.2 Å². The van der Waals surface area contributed by atoms with E-state index >= 15 is 0 Å². The van der Waals surface area contributed by atoms with Gasteiger partial charge in [0.25, 0.3) is 0 Å². The Kier molecular flexibility index (Phi) is 6.08. The van der Waals surface area contributed by atoms with E-state index in [-0.39, 0.29) is 23.5 Å². The molecule has 3 aromatic rings. The molecule has 1 aliphatic heterocycles. The Morgan fingerprint density at radius 3 is 2.69 bits per heavy atom. The molecular weight excluding hydrogens is 457 g/mol. The predicted molar refractivity (Wildman–Crippen MR) is 125 cm³/mol. The Morgan fingerprint density at radius 2 is 1.94 bits per heavy atom. The van der Waals surface area contributed by atoms with E-state index in [0.29, 0.717) is 24.0 Å². The largest absolute Gasteiger partial charge is 0.453 e. The van der Waals surface area contributed by atoms with Gasteiger partial charge in [0.05, 0.1) is 17.8 Å². The zero-order valence-corrected chi connectivity index (χ0v) is 19.4. The minimum Gasteiger partial charge on any atom is -0.453 e. The summed E-state index contributed by atoms with van der Waals surface area (Å²) in [6.45, 7) is 4.51. The number of aryl methyl sites for hydroxylation is 2. The van der Waals surface area contributed by atoms with Crippen LogP contribution < -0.4 is 10.1 Å². The summed E-state index contributed by atoms with van der Waals surface area (Å²) in [6, 6.07) is 11.0. The number of hydrogen-bond donors (Lipinski definition) is 1. The Bertz CT molecular complexity index is 1270. The highest BCUT2D eigenvalue weighted by Crippen LogP contribution is 2.39. The maximum atomic E-state index is 13.2. The van der Waals surface area contributed by atoms with Gasteiger partial charge in [0, 0.05) is 5.92 Å². The third kappa shape index (κ3) is 5.39. The van der Waals surface area contributed by atoms with Crippen molar-refractivity contribution < 1.29 is 22.7 Å². The quantitative estimate of drug-likeness (QED) is 0.490. The average Bonchev–Trinajstić information content (AvgIpc) is 3.67. The van der Waals surface area contributed by atoms with Gasteiger partial charge in [-0.15, -0.1) is 0 Å². The first kappa shape index (κ1) is 23.1. The number of rotatable bonds is 6. The fourth-order valence-corrected chi connectivity index (χ4v) is 4.04. The fourth-order valence-electron chi connectivity index (χ4n) is 4.04. The molecule has 1 aliphatic carbocycles. The lowest BCUT2D eigenvalue weighted by molar-refractivity contribution is -0.137. The molecule has 182 valence electrons. The second-order valence-electron chi connectivity index (χ2n) is 9.05. The molecule has 0 unspecified atom stereocenters. The summed E-state index contributed by atoms with van der Waals surface area (Å²) in [4.78, 5) is 14.6. The molecule has 0 radical (unpaired) electrons. The average molecular weight is 483 g/mol. The van der Waals surface area contributed by atoms with E-state index in [1.807, 2.05) is 0 Å². The van der Waals surface area contributed by atoms with Gasteiger partial charge in [0.1, 0.15) is 18.2 Å².